The van der Waals surface area contributed by atoms with E-state index < -0.39 is 10.0 Å². The molecule has 0 spiro atoms. The Morgan fingerprint density at radius 1 is 1.04 bits per heavy atom. The number of benzene rings is 2. The highest BCUT2D eigenvalue weighted by Gasteiger charge is 2.26. The molecule has 2 aromatic carbocycles. The third-order valence-corrected chi connectivity index (χ3v) is 7.27. The van der Waals surface area contributed by atoms with Crippen molar-refractivity contribution in [2.75, 3.05) is 37.4 Å². The van der Waals surface area contributed by atoms with Crippen LogP contribution in [0.15, 0.2) is 59.5 Å². The van der Waals surface area contributed by atoms with Crippen LogP contribution in [-0.2, 0) is 25.3 Å². The maximum absolute atomic E-state index is 12.6. The Balaban J connectivity index is 1.46. The lowest BCUT2D eigenvalue weighted by Gasteiger charge is -2.26. The standard InChI is InChI=1S/C20H24N2O4S2/c23-20(10-15-27-16-17-4-2-1-3-5-17)21-18-6-8-19(9-7-18)28(24,25)22-11-13-26-14-12-22/h1-9H,10-16H2,(H,21,23). The molecule has 1 N–H and O–H groups in total. The van der Waals surface area contributed by atoms with Crippen molar-refractivity contribution in [3.8, 4) is 0 Å². The first kappa shape index (κ1) is 20.9. The fourth-order valence-electron chi connectivity index (χ4n) is 2.80. The number of sulfonamides is 1. The number of hydrogen-bond donors (Lipinski definition) is 1. The molecule has 8 heteroatoms. The fraction of sp³-hybridized carbons (Fsp3) is 0.350. The van der Waals surface area contributed by atoms with Crippen molar-refractivity contribution in [3.05, 3.63) is 60.2 Å². The molecule has 1 aliphatic heterocycles. The number of thioether (sulfide) groups is 1. The molecule has 0 bridgehead atoms. The number of ether oxygens (including phenoxy) is 1. The summed E-state index contributed by atoms with van der Waals surface area (Å²) in [6.45, 7) is 1.55. The Labute approximate surface area is 170 Å². The van der Waals surface area contributed by atoms with Crippen LogP contribution < -0.4 is 5.32 Å². The number of morpholine rings is 1. The Kier molecular flexibility index (Phi) is 7.50. The van der Waals surface area contributed by atoms with Gasteiger partial charge in [0, 0.05) is 36.7 Å². The van der Waals surface area contributed by atoms with E-state index in [1.54, 1.807) is 23.9 Å². The second-order valence-corrected chi connectivity index (χ2v) is 9.42. The molecule has 150 valence electrons. The molecule has 2 aromatic rings. The van der Waals surface area contributed by atoms with Crippen molar-refractivity contribution in [1.29, 1.82) is 0 Å². The number of hydrogen-bond acceptors (Lipinski definition) is 5. The summed E-state index contributed by atoms with van der Waals surface area (Å²) in [4.78, 5) is 12.3. The maximum atomic E-state index is 12.6. The average molecular weight is 421 g/mol. The fourth-order valence-corrected chi connectivity index (χ4v) is 5.11. The van der Waals surface area contributed by atoms with Crippen LogP contribution >= 0.6 is 11.8 Å². The van der Waals surface area contributed by atoms with Crippen molar-refractivity contribution < 1.29 is 17.9 Å². The normalized spacial score (nSPS) is 15.3. The minimum absolute atomic E-state index is 0.0793. The molecule has 0 unspecified atom stereocenters. The van der Waals surface area contributed by atoms with Crippen molar-refractivity contribution in [1.82, 2.24) is 4.31 Å². The number of rotatable bonds is 8. The van der Waals surface area contributed by atoms with Crippen molar-refractivity contribution in [2.24, 2.45) is 0 Å². The van der Waals surface area contributed by atoms with E-state index in [0.29, 0.717) is 38.4 Å². The van der Waals surface area contributed by atoms with Gasteiger partial charge in [-0.25, -0.2) is 8.42 Å². The molecule has 1 heterocycles. The third-order valence-electron chi connectivity index (χ3n) is 4.33. The largest absolute Gasteiger partial charge is 0.379 e. The molecule has 1 aliphatic rings. The molecule has 1 fully saturated rings. The van der Waals surface area contributed by atoms with E-state index >= 15 is 0 Å². The van der Waals surface area contributed by atoms with Gasteiger partial charge in [-0.1, -0.05) is 30.3 Å². The monoisotopic (exact) mass is 420 g/mol. The van der Waals surface area contributed by atoms with E-state index in [1.165, 1.54) is 22.0 Å². The highest BCUT2D eigenvalue weighted by molar-refractivity contribution is 7.98. The number of nitrogens with zero attached hydrogens (tertiary/aromatic N) is 1. The molecular formula is C20H24N2O4S2. The van der Waals surface area contributed by atoms with Crippen LogP contribution in [-0.4, -0.2) is 50.7 Å². The van der Waals surface area contributed by atoms with Crippen LogP contribution in [0.25, 0.3) is 0 Å². The lowest BCUT2D eigenvalue weighted by atomic mass is 10.2. The summed E-state index contributed by atoms with van der Waals surface area (Å²) in [5, 5.41) is 2.82. The number of carbonyl (C=O) groups is 1. The first-order valence-electron chi connectivity index (χ1n) is 9.15. The van der Waals surface area contributed by atoms with Crippen molar-refractivity contribution in [2.45, 2.75) is 17.1 Å². The molecule has 3 rings (SSSR count). The summed E-state index contributed by atoms with van der Waals surface area (Å²) in [5.74, 6) is 1.52. The molecule has 0 radical (unpaired) electrons. The lowest BCUT2D eigenvalue weighted by Crippen LogP contribution is -2.40. The van der Waals surface area contributed by atoms with Gasteiger partial charge < -0.3 is 10.1 Å². The first-order chi connectivity index (χ1) is 13.6. The van der Waals surface area contributed by atoms with E-state index in [-0.39, 0.29) is 10.8 Å². The summed E-state index contributed by atoms with van der Waals surface area (Å²) >= 11 is 1.71. The van der Waals surface area contributed by atoms with Crippen LogP contribution in [0.4, 0.5) is 5.69 Å². The lowest BCUT2D eigenvalue weighted by molar-refractivity contribution is -0.115. The summed E-state index contributed by atoms with van der Waals surface area (Å²) in [6, 6.07) is 16.5. The summed E-state index contributed by atoms with van der Waals surface area (Å²) < 4.78 is 31.8. The van der Waals surface area contributed by atoms with E-state index in [2.05, 4.69) is 17.4 Å². The second kappa shape index (κ2) is 10.1. The van der Waals surface area contributed by atoms with Crippen molar-refractivity contribution >= 4 is 33.4 Å². The van der Waals surface area contributed by atoms with Crippen LogP contribution in [0.2, 0.25) is 0 Å². The summed E-state index contributed by atoms with van der Waals surface area (Å²) in [6.07, 6.45) is 0.408. The van der Waals surface area contributed by atoms with Gasteiger partial charge in [-0.15, -0.1) is 0 Å². The van der Waals surface area contributed by atoms with E-state index in [4.69, 9.17) is 4.74 Å². The van der Waals surface area contributed by atoms with Crippen LogP contribution in [0.3, 0.4) is 0 Å². The molecule has 0 saturated carbocycles. The van der Waals surface area contributed by atoms with Crippen LogP contribution in [0, 0.1) is 0 Å². The van der Waals surface area contributed by atoms with Gasteiger partial charge in [0.15, 0.2) is 0 Å². The first-order valence-corrected chi connectivity index (χ1v) is 11.7. The Bertz CT molecular complexity index is 865. The molecule has 1 saturated heterocycles. The predicted molar refractivity (Wildman–Crippen MR) is 112 cm³/mol. The van der Waals surface area contributed by atoms with Gasteiger partial charge in [0.25, 0.3) is 0 Å². The second-order valence-electron chi connectivity index (χ2n) is 6.38. The van der Waals surface area contributed by atoms with Crippen LogP contribution in [0.5, 0.6) is 0 Å². The van der Waals surface area contributed by atoms with E-state index in [9.17, 15) is 13.2 Å². The third kappa shape index (κ3) is 5.81. The number of nitrogens with one attached hydrogen (secondary N) is 1. The smallest absolute Gasteiger partial charge is 0.243 e. The minimum Gasteiger partial charge on any atom is -0.379 e. The number of anilines is 1. The van der Waals surface area contributed by atoms with Gasteiger partial charge in [0.1, 0.15) is 0 Å². The zero-order valence-electron chi connectivity index (χ0n) is 15.5. The topological polar surface area (TPSA) is 75.7 Å². The summed E-state index contributed by atoms with van der Waals surface area (Å²) in [5.41, 5.74) is 1.84. The predicted octanol–water partition coefficient (Wildman–Crippen LogP) is 2.97. The summed E-state index contributed by atoms with van der Waals surface area (Å²) in [7, 11) is -3.51. The molecule has 0 aromatic heterocycles. The molecule has 0 aliphatic carbocycles. The number of amides is 1. The van der Waals surface area contributed by atoms with Gasteiger partial charge in [-0.3, -0.25) is 4.79 Å². The zero-order valence-corrected chi connectivity index (χ0v) is 17.2. The quantitative estimate of drug-likeness (QED) is 0.665. The Morgan fingerprint density at radius 2 is 1.71 bits per heavy atom. The van der Waals surface area contributed by atoms with Crippen molar-refractivity contribution in [3.63, 3.8) is 0 Å². The Morgan fingerprint density at radius 3 is 2.39 bits per heavy atom. The highest BCUT2D eigenvalue weighted by Crippen LogP contribution is 2.20. The number of carbonyl (C=O) groups excluding carboxylic acids is 1. The van der Waals surface area contributed by atoms with E-state index in [1.807, 2.05) is 18.2 Å². The highest BCUT2D eigenvalue weighted by atomic mass is 32.2. The van der Waals surface area contributed by atoms with Gasteiger partial charge in [-0.05, 0) is 29.8 Å². The molecule has 6 nitrogen and oxygen atoms in total. The molecular weight excluding hydrogens is 396 g/mol. The average Bonchev–Trinajstić information content (AvgIpc) is 2.73. The van der Waals surface area contributed by atoms with Gasteiger partial charge >= 0.3 is 0 Å². The Hall–Kier alpha value is -1.87. The van der Waals surface area contributed by atoms with Crippen LogP contribution in [0.1, 0.15) is 12.0 Å². The zero-order chi connectivity index (χ0) is 19.8. The minimum atomic E-state index is -3.51. The maximum Gasteiger partial charge on any atom is 0.243 e. The SMILES string of the molecule is O=C(CCSCc1ccccc1)Nc1ccc(S(=O)(=O)N2CCOCC2)cc1. The van der Waals surface area contributed by atoms with Gasteiger partial charge in [-0.2, -0.15) is 16.1 Å². The molecule has 28 heavy (non-hydrogen) atoms. The molecule has 1 amide bonds. The molecule has 0 atom stereocenters. The van der Waals surface area contributed by atoms with Gasteiger partial charge in [0.2, 0.25) is 15.9 Å². The van der Waals surface area contributed by atoms with E-state index in [0.717, 1.165) is 11.5 Å². The van der Waals surface area contributed by atoms with Gasteiger partial charge in [0.05, 0.1) is 18.1 Å².